The minimum atomic E-state index is -0.0895. The molecule has 0 bridgehead atoms. The normalized spacial score (nSPS) is 23.3. The third-order valence-electron chi connectivity index (χ3n) is 4.04. The average Bonchev–Trinajstić information content (AvgIpc) is 2.44. The van der Waals surface area contributed by atoms with E-state index in [4.69, 9.17) is 5.73 Å². The lowest BCUT2D eigenvalue weighted by molar-refractivity contribution is 0.255. The SMILES string of the molecule is CCc1nc(NCC2CCCCC2CN)cc(=O)[nH]1. The molecular formula is C14H24N4O. The first-order valence-electron chi connectivity index (χ1n) is 7.27. The van der Waals surface area contributed by atoms with E-state index in [1.165, 1.54) is 31.7 Å². The summed E-state index contributed by atoms with van der Waals surface area (Å²) in [7, 11) is 0. The van der Waals surface area contributed by atoms with Crippen LogP contribution in [0.15, 0.2) is 10.9 Å². The van der Waals surface area contributed by atoms with E-state index in [-0.39, 0.29) is 5.56 Å². The Morgan fingerprint density at radius 1 is 1.42 bits per heavy atom. The standard InChI is InChI=1S/C14H24N4O/c1-2-12-17-13(7-14(19)18-12)16-9-11-6-4-3-5-10(11)8-15/h7,10-11H,2-6,8-9,15H2,1H3,(H2,16,17,18,19). The summed E-state index contributed by atoms with van der Waals surface area (Å²) in [5.74, 6) is 2.62. The number of H-pyrrole nitrogens is 1. The van der Waals surface area contributed by atoms with E-state index in [2.05, 4.69) is 15.3 Å². The maximum atomic E-state index is 11.5. The minimum Gasteiger partial charge on any atom is -0.370 e. The molecule has 1 aromatic heterocycles. The summed E-state index contributed by atoms with van der Waals surface area (Å²) >= 11 is 0. The van der Waals surface area contributed by atoms with Crippen molar-refractivity contribution in [2.24, 2.45) is 17.6 Å². The second kappa shape index (κ2) is 6.70. The number of aryl methyl sites for hydroxylation is 1. The zero-order valence-electron chi connectivity index (χ0n) is 11.6. The third kappa shape index (κ3) is 3.80. The smallest absolute Gasteiger partial charge is 0.252 e. The maximum absolute atomic E-state index is 11.5. The number of aromatic nitrogens is 2. The Morgan fingerprint density at radius 2 is 2.16 bits per heavy atom. The maximum Gasteiger partial charge on any atom is 0.252 e. The van der Waals surface area contributed by atoms with Crippen LogP contribution >= 0.6 is 0 Å². The zero-order valence-corrected chi connectivity index (χ0v) is 11.6. The molecule has 1 fully saturated rings. The van der Waals surface area contributed by atoms with Crippen molar-refractivity contribution in [2.45, 2.75) is 39.0 Å². The molecule has 0 saturated heterocycles. The lowest BCUT2D eigenvalue weighted by atomic mass is 9.79. The lowest BCUT2D eigenvalue weighted by Gasteiger charge is -2.30. The van der Waals surface area contributed by atoms with Gasteiger partial charge in [-0.25, -0.2) is 4.98 Å². The molecule has 0 amide bonds. The number of hydrogen-bond acceptors (Lipinski definition) is 4. The van der Waals surface area contributed by atoms with Gasteiger partial charge in [-0.05, 0) is 31.2 Å². The fourth-order valence-electron chi connectivity index (χ4n) is 2.87. The Hall–Kier alpha value is -1.36. The Morgan fingerprint density at radius 3 is 2.84 bits per heavy atom. The molecule has 5 nitrogen and oxygen atoms in total. The molecule has 1 aliphatic rings. The summed E-state index contributed by atoms with van der Waals surface area (Å²) in [6.07, 6.45) is 5.76. The number of rotatable bonds is 5. The molecule has 2 unspecified atom stereocenters. The molecule has 4 N–H and O–H groups in total. The molecule has 0 radical (unpaired) electrons. The largest absolute Gasteiger partial charge is 0.370 e. The first-order valence-corrected chi connectivity index (χ1v) is 7.27. The average molecular weight is 264 g/mol. The first kappa shape index (κ1) is 14.1. The third-order valence-corrected chi connectivity index (χ3v) is 4.04. The molecule has 0 spiro atoms. The van der Waals surface area contributed by atoms with Crippen LogP contribution in [0.3, 0.4) is 0 Å². The molecule has 2 rings (SSSR count). The number of anilines is 1. The zero-order chi connectivity index (χ0) is 13.7. The summed E-state index contributed by atoms with van der Waals surface area (Å²) < 4.78 is 0. The summed E-state index contributed by atoms with van der Waals surface area (Å²) in [5, 5.41) is 3.31. The van der Waals surface area contributed by atoms with E-state index in [0.29, 0.717) is 17.7 Å². The van der Waals surface area contributed by atoms with E-state index in [1.54, 1.807) is 0 Å². The van der Waals surface area contributed by atoms with Crippen LogP contribution in [0.1, 0.15) is 38.4 Å². The quantitative estimate of drug-likeness (QED) is 0.752. The molecule has 1 aromatic rings. The van der Waals surface area contributed by atoms with E-state index in [9.17, 15) is 4.79 Å². The predicted octanol–water partition coefficient (Wildman–Crippen LogP) is 1.51. The number of aromatic amines is 1. The van der Waals surface area contributed by atoms with Gasteiger partial charge in [0.25, 0.3) is 5.56 Å². The second-order valence-electron chi connectivity index (χ2n) is 5.35. The summed E-state index contributed by atoms with van der Waals surface area (Å²) in [4.78, 5) is 18.6. The molecule has 2 atom stereocenters. The van der Waals surface area contributed by atoms with Crippen LogP contribution in [0, 0.1) is 11.8 Å². The Labute approximate surface area is 114 Å². The molecule has 19 heavy (non-hydrogen) atoms. The molecule has 1 heterocycles. The van der Waals surface area contributed by atoms with Gasteiger partial charge >= 0.3 is 0 Å². The van der Waals surface area contributed by atoms with Crippen LogP contribution < -0.4 is 16.6 Å². The van der Waals surface area contributed by atoms with Crippen molar-refractivity contribution in [3.63, 3.8) is 0 Å². The highest BCUT2D eigenvalue weighted by atomic mass is 16.1. The number of hydrogen-bond donors (Lipinski definition) is 3. The van der Waals surface area contributed by atoms with Crippen molar-refractivity contribution in [3.8, 4) is 0 Å². The van der Waals surface area contributed by atoms with Gasteiger partial charge in [0.2, 0.25) is 0 Å². The van der Waals surface area contributed by atoms with Gasteiger partial charge in [-0.2, -0.15) is 0 Å². The second-order valence-corrected chi connectivity index (χ2v) is 5.35. The van der Waals surface area contributed by atoms with E-state index in [0.717, 1.165) is 25.3 Å². The Balaban J connectivity index is 1.97. The molecule has 5 heteroatoms. The highest BCUT2D eigenvalue weighted by Crippen LogP contribution is 2.29. The van der Waals surface area contributed by atoms with Crippen molar-refractivity contribution in [1.82, 2.24) is 9.97 Å². The van der Waals surface area contributed by atoms with Gasteiger partial charge in [0.1, 0.15) is 11.6 Å². The summed E-state index contributed by atoms with van der Waals surface area (Å²) in [6.45, 7) is 3.60. The van der Waals surface area contributed by atoms with Gasteiger partial charge in [-0.15, -0.1) is 0 Å². The van der Waals surface area contributed by atoms with Gasteiger partial charge in [0, 0.05) is 19.0 Å². The summed E-state index contributed by atoms with van der Waals surface area (Å²) in [6, 6.07) is 1.53. The molecule has 106 valence electrons. The molecule has 1 aliphatic carbocycles. The van der Waals surface area contributed by atoms with Gasteiger partial charge in [-0.1, -0.05) is 19.8 Å². The highest BCUT2D eigenvalue weighted by molar-refractivity contribution is 5.33. The van der Waals surface area contributed by atoms with Crippen molar-refractivity contribution < 1.29 is 0 Å². The van der Waals surface area contributed by atoms with Crippen LogP contribution in [0.25, 0.3) is 0 Å². The van der Waals surface area contributed by atoms with Crippen LogP contribution in [0.2, 0.25) is 0 Å². The van der Waals surface area contributed by atoms with E-state index < -0.39 is 0 Å². The van der Waals surface area contributed by atoms with Crippen LogP contribution in [-0.4, -0.2) is 23.1 Å². The number of nitrogens with zero attached hydrogens (tertiary/aromatic N) is 1. The first-order chi connectivity index (χ1) is 9.22. The van der Waals surface area contributed by atoms with Gasteiger partial charge in [-0.3, -0.25) is 4.79 Å². The van der Waals surface area contributed by atoms with Gasteiger partial charge in [0.15, 0.2) is 0 Å². The topological polar surface area (TPSA) is 83.8 Å². The highest BCUT2D eigenvalue weighted by Gasteiger charge is 2.23. The van der Waals surface area contributed by atoms with Crippen molar-refractivity contribution in [2.75, 3.05) is 18.4 Å². The van der Waals surface area contributed by atoms with Crippen LogP contribution in [-0.2, 0) is 6.42 Å². The molecular weight excluding hydrogens is 240 g/mol. The van der Waals surface area contributed by atoms with Crippen LogP contribution in [0.5, 0.6) is 0 Å². The predicted molar refractivity (Wildman–Crippen MR) is 77.2 cm³/mol. The van der Waals surface area contributed by atoms with Gasteiger partial charge in [0.05, 0.1) is 0 Å². The minimum absolute atomic E-state index is 0.0895. The van der Waals surface area contributed by atoms with Crippen molar-refractivity contribution in [3.05, 3.63) is 22.2 Å². The summed E-state index contributed by atoms with van der Waals surface area (Å²) in [5.41, 5.74) is 5.74. The van der Waals surface area contributed by atoms with E-state index in [1.807, 2.05) is 6.92 Å². The number of nitrogens with one attached hydrogen (secondary N) is 2. The fourth-order valence-corrected chi connectivity index (χ4v) is 2.87. The van der Waals surface area contributed by atoms with Crippen molar-refractivity contribution in [1.29, 1.82) is 0 Å². The van der Waals surface area contributed by atoms with Crippen LogP contribution in [0.4, 0.5) is 5.82 Å². The Bertz CT molecular complexity index is 457. The lowest BCUT2D eigenvalue weighted by Crippen LogP contribution is -2.31. The monoisotopic (exact) mass is 264 g/mol. The fraction of sp³-hybridized carbons (Fsp3) is 0.714. The Kier molecular flexibility index (Phi) is 4.96. The molecule has 0 aromatic carbocycles. The molecule has 1 saturated carbocycles. The molecule has 0 aliphatic heterocycles. The van der Waals surface area contributed by atoms with Crippen molar-refractivity contribution >= 4 is 5.82 Å². The number of nitrogens with two attached hydrogens (primary N) is 1. The van der Waals surface area contributed by atoms with E-state index >= 15 is 0 Å². The van der Waals surface area contributed by atoms with Gasteiger partial charge < -0.3 is 16.0 Å².